The molecule has 0 spiro atoms. The summed E-state index contributed by atoms with van der Waals surface area (Å²) in [6.07, 6.45) is 3.78. The van der Waals surface area contributed by atoms with Crippen molar-refractivity contribution < 1.29 is 0 Å². The van der Waals surface area contributed by atoms with Crippen LogP contribution in [0.4, 0.5) is 0 Å². The third-order valence-electron chi connectivity index (χ3n) is 2.53. The van der Waals surface area contributed by atoms with Gasteiger partial charge in [-0.3, -0.25) is 4.98 Å². The van der Waals surface area contributed by atoms with Crippen LogP contribution in [0.2, 0.25) is 0 Å². The Morgan fingerprint density at radius 3 is 2.76 bits per heavy atom. The number of nitrogens with one attached hydrogen (secondary N) is 1. The first-order valence-corrected chi connectivity index (χ1v) is 6.39. The van der Waals surface area contributed by atoms with Gasteiger partial charge in [-0.2, -0.15) is 0 Å². The molecule has 0 saturated carbocycles. The zero-order valence-electron chi connectivity index (χ0n) is 9.78. The highest BCUT2D eigenvalue weighted by Crippen LogP contribution is 2.15. The lowest BCUT2D eigenvalue weighted by molar-refractivity contribution is 0.689. The first-order valence-electron chi connectivity index (χ1n) is 5.60. The Bertz CT molecular complexity index is 497. The van der Waals surface area contributed by atoms with E-state index in [1.807, 2.05) is 18.5 Å². The highest BCUT2D eigenvalue weighted by molar-refractivity contribution is 9.10. The largest absolute Gasteiger partial charge is 0.309 e. The van der Waals surface area contributed by atoms with Gasteiger partial charge in [0, 0.05) is 30.0 Å². The molecule has 2 aromatic rings. The molecule has 0 aliphatic heterocycles. The number of rotatable bonds is 4. The fraction of sp³-hybridized carbons (Fsp3) is 0.214. The summed E-state index contributed by atoms with van der Waals surface area (Å²) < 4.78 is 1.15. The monoisotopic (exact) mass is 290 g/mol. The Morgan fingerprint density at radius 2 is 2.00 bits per heavy atom. The molecule has 0 atom stereocenters. The van der Waals surface area contributed by atoms with Crippen LogP contribution in [-0.4, -0.2) is 4.98 Å². The molecular weight excluding hydrogens is 276 g/mol. The minimum Gasteiger partial charge on any atom is -0.309 e. The number of halogens is 1. The molecule has 1 heterocycles. The lowest BCUT2D eigenvalue weighted by Gasteiger charge is -2.07. The average molecular weight is 291 g/mol. The van der Waals surface area contributed by atoms with E-state index in [2.05, 4.69) is 57.4 Å². The van der Waals surface area contributed by atoms with E-state index < -0.39 is 0 Å². The summed E-state index contributed by atoms with van der Waals surface area (Å²) in [5.41, 5.74) is 3.69. The highest BCUT2D eigenvalue weighted by Gasteiger charge is 1.98. The van der Waals surface area contributed by atoms with E-state index in [1.165, 1.54) is 16.7 Å². The fourth-order valence-corrected chi connectivity index (χ4v) is 2.12. The van der Waals surface area contributed by atoms with Crippen molar-refractivity contribution in [2.45, 2.75) is 20.0 Å². The summed E-state index contributed by atoms with van der Waals surface area (Å²) >= 11 is 3.54. The number of benzene rings is 1. The minimum atomic E-state index is 0.843. The molecule has 2 nitrogen and oxygen atoms in total. The predicted molar refractivity (Wildman–Crippen MR) is 73.7 cm³/mol. The van der Waals surface area contributed by atoms with Gasteiger partial charge in [0.05, 0.1) is 0 Å². The fourth-order valence-electron chi connectivity index (χ4n) is 1.70. The van der Waals surface area contributed by atoms with E-state index in [0.717, 1.165) is 17.6 Å². The summed E-state index contributed by atoms with van der Waals surface area (Å²) in [6.45, 7) is 3.76. The van der Waals surface area contributed by atoms with Crippen molar-refractivity contribution >= 4 is 15.9 Å². The topological polar surface area (TPSA) is 24.9 Å². The molecule has 1 aromatic carbocycles. The van der Waals surface area contributed by atoms with Gasteiger partial charge < -0.3 is 5.32 Å². The van der Waals surface area contributed by atoms with Crippen molar-refractivity contribution in [2.24, 2.45) is 0 Å². The molecular formula is C14H15BrN2. The SMILES string of the molecule is Cc1cncc(CNCc2ccccc2Br)c1. The number of nitrogens with zero attached hydrogens (tertiary/aromatic N) is 1. The van der Waals surface area contributed by atoms with E-state index in [4.69, 9.17) is 0 Å². The Hall–Kier alpha value is -1.19. The molecule has 3 heteroatoms. The molecule has 0 radical (unpaired) electrons. The van der Waals surface area contributed by atoms with E-state index in [-0.39, 0.29) is 0 Å². The van der Waals surface area contributed by atoms with E-state index in [9.17, 15) is 0 Å². The maximum Gasteiger partial charge on any atom is 0.0313 e. The molecule has 0 bridgehead atoms. The minimum absolute atomic E-state index is 0.843. The lowest BCUT2D eigenvalue weighted by atomic mass is 10.2. The summed E-state index contributed by atoms with van der Waals surface area (Å²) in [6, 6.07) is 10.4. The third kappa shape index (κ3) is 3.65. The maximum atomic E-state index is 4.18. The second kappa shape index (κ2) is 5.94. The van der Waals surface area contributed by atoms with Gasteiger partial charge in [-0.15, -0.1) is 0 Å². The van der Waals surface area contributed by atoms with Crippen LogP contribution in [0, 0.1) is 6.92 Å². The lowest BCUT2D eigenvalue weighted by Crippen LogP contribution is -2.13. The maximum absolute atomic E-state index is 4.18. The molecule has 1 aromatic heterocycles. The number of pyridine rings is 1. The van der Waals surface area contributed by atoms with Gasteiger partial charge >= 0.3 is 0 Å². The number of aromatic nitrogens is 1. The van der Waals surface area contributed by atoms with Gasteiger partial charge in [0.25, 0.3) is 0 Å². The molecule has 0 aliphatic rings. The predicted octanol–water partition coefficient (Wildman–Crippen LogP) is 3.44. The normalized spacial score (nSPS) is 10.5. The third-order valence-corrected chi connectivity index (χ3v) is 3.31. The second-order valence-corrected chi connectivity index (χ2v) is 4.92. The van der Waals surface area contributed by atoms with Crippen LogP contribution in [0.1, 0.15) is 16.7 Å². The van der Waals surface area contributed by atoms with E-state index >= 15 is 0 Å². The molecule has 88 valence electrons. The quantitative estimate of drug-likeness (QED) is 0.933. The summed E-state index contributed by atoms with van der Waals surface area (Å²) in [4.78, 5) is 4.18. The van der Waals surface area contributed by atoms with Crippen molar-refractivity contribution in [1.29, 1.82) is 0 Å². The van der Waals surface area contributed by atoms with Gasteiger partial charge in [-0.05, 0) is 29.7 Å². The van der Waals surface area contributed by atoms with Crippen molar-refractivity contribution in [3.8, 4) is 0 Å². The standard InChI is InChI=1S/C14H15BrN2/c1-11-6-12(8-16-7-11)9-17-10-13-4-2-3-5-14(13)15/h2-8,17H,9-10H2,1H3. The van der Waals surface area contributed by atoms with Crippen LogP contribution in [0.3, 0.4) is 0 Å². The van der Waals surface area contributed by atoms with Crippen molar-refractivity contribution in [3.05, 3.63) is 63.9 Å². The molecule has 0 unspecified atom stereocenters. The van der Waals surface area contributed by atoms with Crippen molar-refractivity contribution in [3.63, 3.8) is 0 Å². The van der Waals surface area contributed by atoms with Crippen LogP contribution in [0.5, 0.6) is 0 Å². The van der Waals surface area contributed by atoms with Gasteiger partial charge in [0.1, 0.15) is 0 Å². The van der Waals surface area contributed by atoms with E-state index in [1.54, 1.807) is 0 Å². The van der Waals surface area contributed by atoms with Crippen LogP contribution in [-0.2, 0) is 13.1 Å². The first kappa shape index (κ1) is 12.3. The average Bonchev–Trinajstić information content (AvgIpc) is 2.32. The molecule has 0 amide bonds. The first-order chi connectivity index (χ1) is 8.25. The Balaban J connectivity index is 1.90. The van der Waals surface area contributed by atoms with Gasteiger partial charge in [-0.25, -0.2) is 0 Å². The van der Waals surface area contributed by atoms with Crippen LogP contribution in [0.15, 0.2) is 47.2 Å². The number of hydrogen-bond donors (Lipinski definition) is 1. The van der Waals surface area contributed by atoms with Gasteiger partial charge in [0.2, 0.25) is 0 Å². The second-order valence-electron chi connectivity index (χ2n) is 4.07. The summed E-state index contributed by atoms with van der Waals surface area (Å²) in [5, 5.41) is 3.42. The molecule has 2 rings (SSSR count). The molecule has 0 saturated heterocycles. The molecule has 0 fully saturated rings. The molecule has 0 aliphatic carbocycles. The molecule has 17 heavy (non-hydrogen) atoms. The highest BCUT2D eigenvalue weighted by atomic mass is 79.9. The number of aryl methyl sites for hydroxylation is 1. The van der Waals surface area contributed by atoms with Crippen LogP contribution < -0.4 is 5.32 Å². The molecule has 1 N–H and O–H groups in total. The smallest absolute Gasteiger partial charge is 0.0313 e. The van der Waals surface area contributed by atoms with Crippen LogP contribution >= 0.6 is 15.9 Å². The van der Waals surface area contributed by atoms with E-state index in [0.29, 0.717) is 0 Å². The zero-order chi connectivity index (χ0) is 12.1. The van der Waals surface area contributed by atoms with Crippen molar-refractivity contribution in [2.75, 3.05) is 0 Å². The van der Waals surface area contributed by atoms with Gasteiger partial charge in [0.15, 0.2) is 0 Å². The Morgan fingerprint density at radius 1 is 1.18 bits per heavy atom. The summed E-state index contributed by atoms with van der Waals surface area (Å²) in [7, 11) is 0. The number of hydrogen-bond acceptors (Lipinski definition) is 2. The van der Waals surface area contributed by atoms with Gasteiger partial charge in [-0.1, -0.05) is 40.2 Å². The zero-order valence-corrected chi connectivity index (χ0v) is 11.4. The Labute approximate surface area is 110 Å². The van der Waals surface area contributed by atoms with Crippen molar-refractivity contribution in [1.82, 2.24) is 10.3 Å². The Kier molecular flexibility index (Phi) is 4.29. The van der Waals surface area contributed by atoms with Crippen LogP contribution in [0.25, 0.3) is 0 Å². The summed E-state index contributed by atoms with van der Waals surface area (Å²) in [5.74, 6) is 0.